The first-order chi connectivity index (χ1) is 4.54. The highest BCUT2D eigenvalue weighted by molar-refractivity contribution is 7.54. The normalized spacial score (nSPS) is 9.10. The number of halogens is 3. The van der Waals surface area contributed by atoms with E-state index in [9.17, 15) is 0 Å². The maximum Gasteiger partial charge on any atom is 0.411 e. The van der Waals surface area contributed by atoms with E-state index in [1.807, 2.05) is 0 Å². The summed E-state index contributed by atoms with van der Waals surface area (Å²) in [5.74, 6) is 0. The Hall–Kier alpha value is 0.974. The molecule has 60 valence electrons. The summed E-state index contributed by atoms with van der Waals surface area (Å²) in [4.78, 5) is 0. The molecule has 1 N–H and O–H groups in total. The summed E-state index contributed by atoms with van der Waals surface area (Å²) in [6.07, 6.45) is 0. The molecule has 0 bridgehead atoms. The molecule has 0 heterocycles. The smallest absolute Gasteiger partial charge is 0.327 e. The molecule has 0 amide bonds. The van der Waals surface area contributed by atoms with Gasteiger partial charge < -0.3 is 4.66 Å². The van der Waals surface area contributed by atoms with Crippen LogP contribution in [0.25, 0.3) is 0 Å². The van der Waals surface area contributed by atoms with Gasteiger partial charge in [-0.05, 0) is 6.55 Å². The van der Waals surface area contributed by atoms with E-state index in [1.54, 1.807) is 0 Å². The predicted molar refractivity (Wildman–Crippen MR) is 53.5 cm³/mol. The third-order valence-corrected chi connectivity index (χ3v) is 2.50. The lowest BCUT2D eigenvalue weighted by Crippen LogP contribution is -2.75. The fourth-order valence-electron chi connectivity index (χ4n) is 0.125. The van der Waals surface area contributed by atoms with E-state index >= 15 is 0 Å². The molecule has 0 aromatic rings. The molecule has 0 aromatic carbocycles. The van der Waals surface area contributed by atoms with E-state index in [4.69, 9.17) is 33.2 Å². The van der Waals surface area contributed by atoms with E-state index in [0.717, 1.165) is 0 Å². The summed E-state index contributed by atoms with van der Waals surface area (Å²) >= 11 is 14.7. The molecule has 0 fully saturated rings. The van der Waals surface area contributed by atoms with Crippen LogP contribution in [0.15, 0.2) is 0 Å². The lowest BCUT2D eigenvalue weighted by molar-refractivity contribution is -0.282. The predicted octanol–water partition coefficient (Wildman–Crippen LogP) is 1.10. The summed E-state index contributed by atoms with van der Waals surface area (Å²) in [5, 5.41) is 0. The molecular formula is C4H11Cl3NSi2+. The number of hydrogen-bond acceptors (Lipinski definition) is 0. The Morgan fingerprint density at radius 1 is 1.40 bits per heavy atom. The molecule has 0 aromatic heterocycles. The summed E-state index contributed by atoms with van der Waals surface area (Å²) in [6.45, 7) is 6.47. The van der Waals surface area contributed by atoms with E-state index in [-0.39, 0.29) is 8.96 Å². The fraction of sp³-hybridized carbons (Fsp3) is 0.750. The molecule has 2 radical (unpaired) electrons. The first-order valence-electron chi connectivity index (χ1n) is 2.73. The van der Waals surface area contributed by atoms with Crippen LogP contribution in [0.3, 0.4) is 0 Å². The summed E-state index contributed by atoms with van der Waals surface area (Å²) < 4.78 is 2.97. The van der Waals surface area contributed by atoms with E-state index < -0.39 is 6.73 Å². The molecule has 0 atom stereocenters. The van der Waals surface area contributed by atoms with E-state index in [1.165, 1.54) is 6.04 Å². The number of hydrogen-bond donors (Lipinski definition) is 1. The molecule has 0 saturated carbocycles. The van der Waals surface area contributed by atoms with E-state index in [0.29, 0.717) is 0 Å². The van der Waals surface area contributed by atoms with Crippen LogP contribution in [0.2, 0.25) is 12.6 Å². The number of rotatable bonds is 2. The van der Waals surface area contributed by atoms with Crippen LogP contribution in [0.1, 0.15) is 6.92 Å². The quantitative estimate of drug-likeness (QED) is 0.419. The molecule has 0 spiro atoms. The monoisotopic (exact) mass is 234 g/mol. The highest BCUT2D eigenvalue weighted by Gasteiger charge is 2.03. The maximum absolute atomic E-state index is 4.91. The van der Waals surface area contributed by atoms with Crippen LogP contribution < -0.4 is 4.66 Å². The maximum atomic E-state index is 4.91. The molecule has 0 aliphatic carbocycles. The second kappa shape index (κ2) is 9.97. The molecular weight excluding hydrogens is 225 g/mol. The summed E-state index contributed by atoms with van der Waals surface area (Å²) in [5.41, 5.74) is 0. The van der Waals surface area contributed by atoms with Crippen LogP contribution in [0.4, 0.5) is 0 Å². The average molecular weight is 236 g/mol. The Bertz CT molecular complexity index is 78.1. The van der Waals surface area contributed by atoms with Crippen molar-refractivity contribution in [2.45, 2.75) is 19.5 Å². The standard InChI is InChI=1S/C4H11NSi.Cl3Si/c1-4-6(3)5-2;1-4(2)3/h5H,2,4H2,1,3H3;/q+1;. The van der Waals surface area contributed by atoms with Crippen LogP contribution in [0, 0.1) is 0 Å². The van der Waals surface area contributed by atoms with Crippen LogP contribution in [-0.4, -0.2) is 22.4 Å². The molecule has 0 saturated heterocycles. The van der Waals surface area contributed by atoms with Gasteiger partial charge >= 0.3 is 15.7 Å². The lowest BCUT2D eigenvalue weighted by atomic mass is 11.0. The highest BCUT2D eigenvalue weighted by atomic mass is 35.8. The van der Waals surface area contributed by atoms with Gasteiger partial charge in [-0.15, -0.1) is 33.2 Å². The molecule has 0 unspecified atom stereocenters. The zero-order valence-electron chi connectivity index (χ0n) is 6.05. The van der Waals surface area contributed by atoms with Crippen molar-refractivity contribution >= 4 is 55.6 Å². The van der Waals surface area contributed by atoms with Crippen LogP contribution in [0.5, 0.6) is 0 Å². The van der Waals surface area contributed by atoms with Crippen molar-refractivity contribution in [3.63, 3.8) is 0 Å². The minimum Gasteiger partial charge on any atom is -0.327 e. The SMILES string of the molecule is C=[NH+][Si](C)CC.Cl[Si](Cl)Cl. The van der Waals surface area contributed by atoms with Crippen molar-refractivity contribution in [2.24, 2.45) is 0 Å². The third-order valence-electron chi connectivity index (χ3n) is 0.832. The average Bonchev–Trinajstić information content (AvgIpc) is 1.85. The molecule has 0 aliphatic rings. The lowest BCUT2D eigenvalue weighted by Gasteiger charge is -1.79. The first kappa shape index (κ1) is 13.6. The van der Waals surface area contributed by atoms with Crippen LogP contribution >= 0.6 is 33.2 Å². The van der Waals surface area contributed by atoms with E-state index in [2.05, 4.69) is 24.8 Å². The van der Waals surface area contributed by atoms with Gasteiger partial charge in [-0.25, -0.2) is 0 Å². The molecule has 10 heavy (non-hydrogen) atoms. The van der Waals surface area contributed by atoms with Gasteiger partial charge in [0.2, 0.25) is 0 Å². The zero-order chi connectivity index (χ0) is 8.57. The molecule has 0 aliphatic heterocycles. The Labute approximate surface area is 79.8 Å². The van der Waals surface area contributed by atoms with Crippen molar-refractivity contribution in [3.8, 4) is 0 Å². The van der Waals surface area contributed by atoms with Crippen molar-refractivity contribution in [1.29, 1.82) is 0 Å². The Morgan fingerprint density at radius 2 is 1.70 bits per heavy atom. The Morgan fingerprint density at radius 3 is 1.70 bits per heavy atom. The minimum atomic E-state index is -1.46. The van der Waals surface area contributed by atoms with Gasteiger partial charge in [-0.2, -0.15) is 0 Å². The molecule has 6 heteroatoms. The summed E-state index contributed by atoms with van der Waals surface area (Å²) in [7, 11) is -0.229. The minimum absolute atomic E-state index is 0.229. The van der Waals surface area contributed by atoms with Gasteiger partial charge in [-0.1, -0.05) is 6.92 Å². The fourth-order valence-corrected chi connectivity index (χ4v) is 0.375. The second-order valence-corrected chi connectivity index (χ2v) is 9.72. The van der Waals surface area contributed by atoms with Gasteiger partial charge in [0, 0.05) is 6.04 Å². The van der Waals surface area contributed by atoms with Gasteiger partial charge in [0.05, 0.1) is 0 Å². The van der Waals surface area contributed by atoms with Gasteiger partial charge in [0.25, 0.3) is 0 Å². The van der Waals surface area contributed by atoms with Crippen molar-refractivity contribution in [1.82, 2.24) is 0 Å². The van der Waals surface area contributed by atoms with Gasteiger partial charge in [0.1, 0.15) is 6.72 Å². The second-order valence-electron chi connectivity index (χ2n) is 1.52. The summed E-state index contributed by atoms with van der Waals surface area (Å²) in [6, 6.07) is 1.26. The van der Waals surface area contributed by atoms with Crippen molar-refractivity contribution in [2.75, 3.05) is 0 Å². The molecule has 1 nitrogen and oxygen atoms in total. The molecule has 0 rings (SSSR count). The zero-order valence-corrected chi connectivity index (χ0v) is 10.3. The highest BCUT2D eigenvalue weighted by Crippen LogP contribution is 1.97. The van der Waals surface area contributed by atoms with Crippen LogP contribution in [-0.2, 0) is 0 Å². The topological polar surface area (TPSA) is 14.0 Å². The van der Waals surface area contributed by atoms with Gasteiger partial charge in [0.15, 0.2) is 0 Å². The van der Waals surface area contributed by atoms with Gasteiger partial charge in [-0.3, -0.25) is 0 Å². The largest absolute Gasteiger partial charge is 0.411 e. The van der Waals surface area contributed by atoms with Crippen molar-refractivity contribution < 1.29 is 4.66 Å². The number of nitrogens with one attached hydrogen (secondary N) is 1. The Balaban J connectivity index is 0. The van der Waals surface area contributed by atoms with Crippen molar-refractivity contribution in [3.05, 3.63) is 0 Å². The first-order valence-corrected chi connectivity index (χ1v) is 9.47. The third kappa shape index (κ3) is 23.1. The Kier molecular flexibility index (Phi) is 13.5.